The lowest BCUT2D eigenvalue weighted by Crippen LogP contribution is -1.80. The number of hydrogen-bond acceptors (Lipinski definition) is 5. The highest BCUT2D eigenvalue weighted by Crippen LogP contribution is 2.23. The molecule has 0 aliphatic carbocycles. The van der Waals surface area contributed by atoms with E-state index in [2.05, 4.69) is 10.2 Å². The largest absolute Gasteiger partial charge is 0.411 e. The van der Waals surface area contributed by atoms with Crippen molar-refractivity contribution in [1.82, 2.24) is 10.2 Å². The van der Waals surface area contributed by atoms with E-state index in [9.17, 15) is 4.79 Å². The summed E-state index contributed by atoms with van der Waals surface area (Å²) in [6, 6.07) is 7.75. The molecule has 1 aromatic carbocycles. The van der Waals surface area contributed by atoms with Crippen molar-refractivity contribution in [2.75, 3.05) is 0 Å². The Morgan fingerprint density at radius 1 is 1.25 bits per heavy atom. The van der Waals surface area contributed by atoms with Gasteiger partial charge in [-0.1, -0.05) is 17.7 Å². The summed E-state index contributed by atoms with van der Waals surface area (Å²) in [5.74, 6) is 0.434. The van der Waals surface area contributed by atoms with Crippen molar-refractivity contribution in [2.24, 2.45) is 0 Å². The first-order valence-electron chi connectivity index (χ1n) is 4.74. The Morgan fingerprint density at radius 2 is 1.94 bits per heavy atom. The van der Waals surface area contributed by atoms with Crippen LogP contribution < -0.4 is 0 Å². The summed E-state index contributed by atoms with van der Waals surface area (Å²) in [7, 11) is 0. The highest BCUT2D eigenvalue weighted by Gasteiger charge is 2.10. The number of nitrogens with zero attached hydrogens (tertiary/aromatic N) is 2. The fourth-order valence-electron chi connectivity index (χ4n) is 1.19. The Hall–Kier alpha value is -1.62. The monoisotopic (exact) mass is 234 g/mol. The maximum Gasteiger partial charge on any atom is 0.284 e. The van der Waals surface area contributed by atoms with Gasteiger partial charge in [0.05, 0.1) is 0 Å². The number of aryl methyl sites for hydroxylation is 1. The van der Waals surface area contributed by atoms with Crippen LogP contribution in [0.1, 0.15) is 12.5 Å². The second-order valence-corrected chi connectivity index (χ2v) is 4.46. The van der Waals surface area contributed by atoms with Crippen LogP contribution >= 0.6 is 11.8 Å². The second kappa shape index (κ2) is 4.49. The molecule has 0 saturated heterocycles. The first-order valence-corrected chi connectivity index (χ1v) is 5.56. The van der Waals surface area contributed by atoms with Crippen molar-refractivity contribution in [3.8, 4) is 11.5 Å². The van der Waals surface area contributed by atoms with Gasteiger partial charge in [-0.05, 0) is 19.1 Å². The molecule has 0 unspecified atom stereocenters. The molecule has 1 heterocycles. The molecule has 0 N–H and O–H groups in total. The van der Waals surface area contributed by atoms with E-state index < -0.39 is 0 Å². The Labute approximate surface area is 97.1 Å². The highest BCUT2D eigenvalue weighted by molar-refractivity contribution is 8.13. The van der Waals surface area contributed by atoms with Crippen molar-refractivity contribution < 1.29 is 9.21 Å². The van der Waals surface area contributed by atoms with E-state index >= 15 is 0 Å². The second-order valence-electron chi connectivity index (χ2n) is 3.33. The van der Waals surface area contributed by atoms with Gasteiger partial charge in [0.2, 0.25) is 5.89 Å². The molecular formula is C11H10N2O2S. The van der Waals surface area contributed by atoms with Crippen molar-refractivity contribution in [3.63, 3.8) is 0 Å². The predicted molar refractivity (Wildman–Crippen MR) is 61.0 cm³/mol. The van der Waals surface area contributed by atoms with Crippen LogP contribution in [0, 0.1) is 6.92 Å². The highest BCUT2D eigenvalue weighted by atomic mass is 32.2. The van der Waals surface area contributed by atoms with E-state index in [4.69, 9.17) is 4.42 Å². The molecule has 0 bridgehead atoms. The zero-order chi connectivity index (χ0) is 11.5. The molecule has 0 aliphatic heterocycles. The lowest BCUT2D eigenvalue weighted by atomic mass is 10.1. The molecule has 0 atom stereocenters. The lowest BCUT2D eigenvalue weighted by molar-refractivity contribution is -0.109. The number of carbonyl (C=O) groups excluding carboxylic acids is 1. The predicted octanol–water partition coefficient (Wildman–Crippen LogP) is 2.68. The molecule has 0 aliphatic rings. The third kappa shape index (κ3) is 2.49. The van der Waals surface area contributed by atoms with Crippen molar-refractivity contribution in [1.29, 1.82) is 0 Å². The van der Waals surface area contributed by atoms with Crippen LogP contribution in [0.3, 0.4) is 0 Å². The minimum atomic E-state index is -0.0703. The Bertz CT molecular complexity index is 505. The molecule has 82 valence electrons. The molecule has 4 nitrogen and oxygen atoms in total. The van der Waals surface area contributed by atoms with E-state index in [-0.39, 0.29) is 10.3 Å². The molecule has 16 heavy (non-hydrogen) atoms. The number of hydrogen-bond donors (Lipinski definition) is 0. The molecule has 2 aromatic rings. The summed E-state index contributed by atoms with van der Waals surface area (Å²) >= 11 is 0.938. The average Bonchev–Trinajstić information content (AvgIpc) is 2.66. The quantitative estimate of drug-likeness (QED) is 0.748. The third-order valence-electron chi connectivity index (χ3n) is 1.94. The Morgan fingerprint density at radius 3 is 2.56 bits per heavy atom. The molecule has 0 amide bonds. The first-order chi connectivity index (χ1) is 7.65. The summed E-state index contributed by atoms with van der Waals surface area (Å²) in [6.45, 7) is 3.47. The van der Waals surface area contributed by atoms with E-state index in [0.717, 1.165) is 17.3 Å². The van der Waals surface area contributed by atoms with Crippen LogP contribution in [-0.4, -0.2) is 15.3 Å². The first kappa shape index (κ1) is 10.9. The fraction of sp³-hybridized carbons (Fsp3) is 0.182. The Kier molecular flexibility index (Phi) is 3.05. The number of thioether (sulfide) groups is 1. The number of aromatic nitrogens is 2. The smallest absolute Gasteiger partial charge is 0.284 e. The lowest BCUT2D eigenvalue weighted by Gasteiger charge is -1.94. The molecule has 5 heteroatoms. The maximum atomic E-state index is 10.8. The van der Waals surface area contributed by atoms with Gasteiger partial charge in [0, 0.05) is 24.2 Å². The van der Waals surface area contributed by atoms with Gasteiger partial charge in [-0.3, -0.25) is 4.79 Å². The van der Waals surface area contributed by atoms with E-state index in [1.165, 1.54) is 12.5 Å². The van der Waals surface area contributed by atoms with Crippen LogP contribution in [0.2, 0.25) is 0 Å². The SMILES string of the molecule is CC(=O)Sc1nnc(-c2ccc(C)cc2)o1. The van der Waals surface area contributed by atoms with Gasteiger partial charge in [-0.15, -0.1) is 10.2 Å². The molecule has 0 fully saturated rings. The number of rotatable bonds is 2. The molecule has 0 saturated carbocycles. The van der Waals surface area contributed by atoms with Gasteiger partial charge >= 0.3 is 0 Å². The topological polar surface area (TPSA) is 56.0 Å². The van der Waals surface area contributed by atoms with Gasteiger partial charge in [-0.2, -0.15) is 0 Å². The van der Waals surface area contributed by atoms with E-state index in [1.54, 1.807) is 0 Å². The molecule has 2 rings (SSSR count). The zero-order valence-electron chi connectivity index (χ0n) is 8.93. The van der Waals surface area contributed by atoms with Gasteiger partial charge in [-0.25, -0.2) is 0 Å². The normalized spacial score (nSPS) is 10.4. The number of carbonyl (C=O) groups is 1. The van der Waals surface area contributed by atoms with E-state index in [0.29, 0.717) is 5.89 Å². The van der Waals surface area contributed by atoms with Gasteiger partial charge < -0.3 is 4.42 Å². The van der Waals surface area contributed by atoms with Gasteiger partial charge in [0.15, 0.2) is 5.12 Å². The molecule has 1 aromatic heterocycles. The van der Waals surface area contributed by atoms with Gasteiger partial charge in [0.25, 0.3) is 5.22 Å². The van der Waals surface area contributed by atoms with Gasteiger partial charge in [0.1, 0.15) is 0 Å². The summed E-state index contributed by atoms with van der Waals surface area (Å²) in [5.41, 5.74) is 2.02. The van der Waals surface area contributed by atoms with Crippen LogP contribution in [0.4, 0.5) is 0 Å². The minimum Gasteiger partial charge on any atom is -0.411 e. The average molecular weight is 234 g/mol. The van der Waals surface area contributed by atoms with Crippen LogP contribution in [0.15, 0.2) is 33.9 Å². The minimum absolute atomic E-state index is 0.0703. The summed E-state index contributed by atoms with van der Waals surface area (Å²) in [5, 5.41) is 7.87. The summed E-state index contributed by atoms with van der Waals surface area (Å²) in [6.07, 6.45) is 0. The van der Waals surface area contributed by atoms with E-state index in [1.807, 2.05) is 31.2 Å². The Balaban J connectivity index is 2.24. The number of benzene rings is 1. The fourth-order valence-corrected chi connectivity index (χ4v) is 1.63. The summed E-state index contributed by atoms with van der Waals surface area (Å²) in [4.78, 5) is 10.8. The third-order valence-corrected chi connectivity index (χ3v) is 2.56. The van der Waals surface area contributed by atoms with Crippen LogP contribution in [0.25, 0.3) is 11.5 Å². The molecule has 0 radical (unpaired) electrons. The maximum absolute atomic E-state index is 10.8. The zero-order valence-corrected chi connectivity index (χ0v) is 9.75. The van der Waals surface area contributed by atoms with Crippen molar-refractivity contribution in [2.45, 2.75) is 19.1 Å². The molecular weight excluding hydrogens is 224 g/mol. The summed E-state index contributed by atoms with van der Waals surface area (Å²) < 4.78 is 5.34. The molecule has 0 spiro atoms. The standard InChI is InChI=1S/C11H10N2O2S/c1-7-3-5-9(6-4-7)10-12-13-11(15-10)16-8(2)14/h3-6H,1-2H3. The van der Waals surface area contributed by atoms with Crippen LogP contribution in [-0.2, 0) is 4.79 Å². The van der Waals surface area contributed by atoms with Crippen molar-refractivity contribution >= 4 is 16.9 Å². The van der Waals surface area contributed by atoms with Crippen molar-refractivity contribution in [3.05, 3.63) is 29.8 Å². The van der Waals surface area contributed by atoms with Crippen LogP contribution in [0.5, 0.6) is 0 Å².